The molecule has 0 aromatic heterocycles. The third kappa shape index (κ3) is 3.95. The Kier molecular flexibility index (Phi) is 4.85. The summed E-state index contributed by atoms with van der Waals surface area (Å²) in [7, 11) is 0. The normalized spacial score (nSPS) is 16.9. The number of anilines is 1. The van der Waals surface area contributed by atoms with Crippen LogP contribution in [0.5, 0.6) is 0 Å². The van der Waals surface area contributed by atoms with E-state index in [-0.39, 0.29) is 11.6 Å². The molecular weight excluding hydrogens is 264 g/mol. The van der Waals surface area contributed by atoms with Crippen molar-refractivity contribution in [1.29, 1.82) is 0 Å². The van der Waals surface area contributed by atoms with Crippen LogP contribution in [-0.2, 0) is 0 Å². The fourth-order valence-corrected chi connectivity index (χ4v) is 2.48. The molecule has 21 heavy (non-hydrogen) atoms. The highest BCUT2D eigenvalue weighted by molar-refractivity contribution is 5.89. The number of nitrogens with two attached hydrogens (primary N) is 1. The van der Waals surface area contributed by atoms with E-state index in [1.54, 1.807) is 0 Å². The zero-order valence-electron chi connectivity index (χ0n) is 13.2. The van der Waals surface area contributed by atoms with Crippen molar-refractivity contribution in [3.05, 3.63) is 29.8 Å². The molecular formula is C16H26N4O. The number of piperazine rings is 1. The van der Waals surface area contributed by atoms with Crippen LogP contribution in [-0.4, -0.2) is 54.1 Å². The molecule has 1 heterocycles. The fourth-order valence-electron chi connectivity index (χ4n) is 2.48. The Labute approximate surface area is 127 Å². The number of urea groups is 1. The van der Waals surface area contributed by atoms with Crippen molar-refractivity contribution in [1.82, 2.24) is 9.80 Å². The van der Waals surface area contributed by atoms with E-state index in [4.69, 9.17) is 5.73 Å². The van der Waals surface area contributed by atoms with E-state index in [2.05, 4.69) is 24.1 Å². The lowest BCUT2D eigenvalue weighted by molar-refractivity contribution is 0.0715. The maximum Gasteiger partial charge on any atom is 0.321 e. The third-order valence-electron chi connectivity index (χ3n) is 4.23. The Morgan fingerprint density at radius 3 is 2.29 bits per heavy atom. The molecule has 3 N–H and O–H groups in total. The average Bonchev–Trinajstić information content (AvgIpc) is 2.49. The lowest BCUT2D eigenvalue weighted by atomic mass is 10.0. The van der Waals surface area contributed by atoms with Gasteiger partial charge in [0.05, 0.1) is 0 Å². The largest absolute Gasteiger partial charge is 0.329 e. The standard InChI is InChI=1S/C16H26N4O/c1-13-4-6-14(7-5-13)18-15(21)19-8-10-20(11-9-19)16(2,3)12-17/h4-7H,8-12,17H2,1-3H3,(H,18,21). The van der Waals surface area contributed by atoms with Gasteiger partial charge in [-0.3, -0.25) is 4.90 Å². The highest BCUT2D eigenvalue weighted by atomic mass is 16.2. The monoisotopic (exact) mass is 290 g/mol. The van der Waals surface area contributed by atoms with Crippen molar-refractivity contribution in [2.24, 2.45) is 5.73 Å². The number of hydrogen-bond donors (Lipinski definition) is 2. The molecule has 1 aromatic carbocycles. The van der Waals surface area contributed by atoms with Crippen molar-refractivity contribution >= 4 is 11.7 Å². The van der Waals surface area contributed by atoms with Crippen LogP contribution in [0.15, 0.2) is 24.3 Å². The summed E-state index contributed by atoms with van der Waals surface area (Å²) in [4.78, 5) is 16.5. The zero-order valence-corrected chi connectivity index (χ0v) is 13.2. The molecule has 1 fully saturated rings. The highest BCUT2D eigenvalue weighted by Crippen LogP contribution is 2.16. The Balaban J connectivity index is 1.87. The zero-order chi connectivity index (χ0) is 15.5. The summed E-state index contributed by atoms with van der Waals surface area (Å²) in [5.74, 6) is 0. The van der Waals surface area contributed by atoms with Crippen LogP contribution in [0, 0.1) is 6.92 Å². The van der Waals surface area contributed by atoms with Crippen molar-refractivity contribution in [2.45, 2.75) is 26.3 Å². The molecule has 0 unspecified atom stereocenters. The first-order valence-electron chi connectivity index (χ1n) is 7.50. The van der Waals surface area contributed by atoms with Gasteiger partial charge < -0.3 is 16.0 Å². The van der Waals surface area contributed by atoms with Gasteiger partial charge in [0.15, 0.2) is 0 Å². The lowest BCUT2D eigenvalue weighted by Crippen LogP contribution is -2.58. The van der Waals surface area contributed by atoms with Gasteiger partial charge in [0, 0.05) is 44.0 Å². The van der Waals surface area contributed by atoms with Crippen LogP contribution in [0.25, 0.3) is 0 Å². The predicted octanol–water partition coefficient (Wildman–Crippen LogP) is 1.88. The van der Waals surface area contributed by atoms with E-state index in [9.17, 15) is 4.79 Å². The average molecular weight is 290 g/mol. The van der Waals surface area contributed by atoms with Crippen LogP contribution in [0.4, 0.5) is 10.5 Å². The van der Waals surface area contributed by atoms with Crippen molar-refractivity contribution in [3.63, 3.8) is 0 Å². The number of aryl methyl sites for hydroxylation is 1. The summed E-state index contributed by atoms with van der Waals surface area (Å²) >= 11 is 0. The van der Waals surface area contributed by atoms with Gasteiger partial charge in [-0.05, 0) is 32.9 Å². The molecule has 0 saturated carbocycles. The molecule has 5 nitrogen and oxygen atoms in total. The SMILES string of the molecule is Cc1ccc(NC(=O)N2CCN(C(C)(C)CN)CC2)cc1. The second kappa shape index (κ2) is 6.45. The van der Waals surface area contributed by atoms with Gasteiger partial charge in [0.1, 0.15) is 0 Å². The summed E-state index contributed by atoms with van der Waals surface area (Å²) in [6.45, 7) is 10.2. The van der Waals surface area contributed by atoms with E-state index < -0.39 is 0 Å². The second-order valence-corrected chi connectivity index (χ2v) is 6.29. The van der Waals surface area contributed by atoms with Crippen molar-refractivity contribution < 1.29 is 4.79 Å². The first-order valence-corrected chi connectivity index (χ1v) is 7.50. The summed E-state index contributed by atoms with van der Waals surface area (Å²) in [5.41, 5.74) is 7.84. The van der Waals surface area contributed by atoms with Crippen molar-refractivity contribution in [2.75, 3.05) is 38.0 Å². The Morgan fingerprint density at radius 1 is 1.19 bits per heavy atom. The first-order chi connectivity index (χ1) is 9.92. The topological polar surface area (TPSA) is 61.6 Å². The first kappa shape index (κ1) is 15.8. The molecule has 1 aromatic rings. The smallest absolute Gasteiger partial charge is 0.321 e. The van der Waals surface area contributed by atoms with E-state index >= 15 is 0 Å². The molecule has 2 rings (SSSR count). The minimum absolute atomic E-state index is 0.000473. The quantitative estimate of drug-likeness (QED) is 0.893. The van der Waals surface area contributed by atoms with Gasteiger partial charge in [0.25, 0.3) is 0 Å². The van der Waals surface area contributed by atoms with Crippen LogP contribution < -0.4 is 11.1 Å². The molecule has 116 valence electrons. The number of nitrogens with one attached hydrogen (secondary N) is 1. The summed E-state index contributed by atoms with van der Waals surface area (Å²) in [6, 6.07) is 7.83. The van der Waals surface area contributed by atoms with E-state index in [1.807, 2.05) is 36.1 Å². The summed E-state index contributed by atoms with van der Waals surface area (Å²) in [6.07, 6.45) is 0. The van der Waals surface area contributed by atoms with Gasteiger partial charge in [-0.2, -0.15) is 0 Å². The molecule has 0 radical (unpaired) electrons. The Hall–Kier alpha value is -1.59. The second-order valence-electron chi connectivity index (χ2n) is 6.29. The minimum atomic E-state index is -0.0240. The summed E-state index contributed by atoms with van der Waals surface area (Å²) < 4.78 is 0. The molecule has 1 aliphatic rings. The van der Waals surface area contributed by atoms with Crippen molar-refractivity contribution in [3.8, 4) is 0 Å². The van der Waals surface area contributed by atoms with Gasteiger partial charge in [0.2, 0.25) is 0 Å². The Morgan fingerprint density at radius 2 is 1.76 bits per heavy atom. The number of benzene rings is 1. The molecule has 0 atom stereocenters. The van der Waals surface area contributed by atoms with Gasteiger partial charge in [-0.1, -0.05) is 17.7 Å². The maximum atomic E-state index is 12.2. The number of nitrogens with zero attached hydrogens (tertiary/aromatic N) is 2. The Bertz CT molecular complexity index is 476. The van der Waals surface area contributed by atoms with E-state index in [0.29, 0.717) is 6.54 Å². The molecule has 5 heteroatoms. The summed E-state index contributed by atoms with van der Waals surface area (Å²) in [5, 5.41) is 2.95. The molecule has 0 aliphatic carbocycles. The van der Waals surface area contributed by atoms with Crippen LogP contribution in [0.2, 0.25) is 0 Å². The number of carbonyl (C=O) groups excluding carboxylic acids is 1. The number of carbonyl (C=O) groups is 1. The number of amides is 2. The molecule has 1 saturated heterocycles. The van der Waals surface area contributed by atoms with Gasteiger partial charge >= 0.3 is 6.03 Å². The number of hydrogen-bond acceptors (Lipinski definition) is 3. The molecule has 2 amide bonds. The van der Waals surface area contributed by atoms with Crippen LogP contribution in [0.1, 0.15) is 19.4 Å². The van der Waals surface area contributed by atoms with E-state index in [0.717, 1.165) is 31.9 Å². The molecule has 1 aliphatic heterocycles. The predicted molar refractivity (Wildman–Crippen MR) is 86.5 cm³/mol. The lowest BCUT2D eigenvalue weighted by Gasteiger charge is -2.43. The highest BCUT2D eigenvalue weighted by Gasteiger charge is 2.30. The van der Waals surface area contributed by atoms with Crippen LogP contribution >= 0.6 is 0 Å². The van der Waals surface area contributed by atoms with Gasteiger partial charge in [-0.15, -0.1) is 0 Å². The van der Waals surface area contributed by atoms with E-state index in [1.165, 1.54) is 5.56 Å². The molecule has 0 bridgehead atoms. The van der Waals surface area contributed by atoms with Crippen LogP contribution in [0.3, 0.4) is 0 Å². The number of rotatable bonds is 3. The minimum Gasteiger partial charge on any atom is -0.329 e. The third-order valence-corrected chi connectivity index (χ3v) is 4.23. The van der Waals surface area contributed by atoms with Gasteiger partial charge in [-0.25, -0.2) is 4.79 Å². The maximum absolute atomic E-state index is 12.2. The fraction of sp³-hybridized carbons (Fsp3) is 0.562. The molecule has 0 spiro atoms.